The summed E-state index contributed by atoms with van der Waals surface area (Å²) in [6.07, 6.45) is 5.19. The summed E-state index contributed by atoms with van der Waals surface area (Å²) in [5.41, 5.74) is 0. The summed E-state index contributed by atoms with van der Waals surface area (Å²) in [6, 6.07) is 2.52. The van der Waals surface area contributed by atoms with Crippen molar-refractivity contribution < 1.29 is 0 Å². The van der Waals surface area contributed by atoms with E-state index in [4.69, 9.17) is 0 Å². The van der Waals surface area contributed by atoms with Gasteiger partial charge in [-0.1, -0.05) is 6.92 Å². The van der Waals surface area contributed by atoms with Crippen LogP contribution in [0.2, 0.25) is 0 Å². The summed E-state index contributed by atoms with van der Waals surface area (Å²) in [4.78, 5) is 10.8. The minimum atomic E-state index is 0.484. The van der Waals surface area contributed by atoms with E-state index in [0.29, 0.717) is 6.04 Å². The number of aromatic nitrogens is 2. The van der Waals surface area contributed by atoms with Gasteiger partial charge in [-0.2, -0.15) is 0 Å². The molecule has 0 radical (unpaired) electrons. The molecule has 1 saturated heterocycles. The van der Waals surface area contributed by atoms with Gasteiger partial charge < -0.3 is 15.5 Å². The predicted molar refractivity (Wildman–Crippen MR) is 75.1 cm³/mol. The quantitative estimate of drug-likeness (QED) is 0.828. The van der Waals surface area contributed by atoms with Crippen molar-refractivity contribution in [2.45, 2.75) is 32.2 Å². The summed E-state index contributed by atoms with van der Waals surface area (Å²) >= 11 is 0. The summed E-state index contributed by atoms with van der Waals surface area (Å²) < 4.78 is 0. The molecule has 0 saturated carbocycles. The van der Waals surface area contributed by atoms with Crippen molar-refractivity contribution in [3.05, 3.63) is 12.4 Å². The fourth-order valence-corrected chi connectivity index (χ4v) is 2.27. The van der Waals surface area contributed by atoms with Crippen molar-refractivity contribution in [1.82, 2.24) is 15.3 Å². The van der Waals surface area contributed by atoms with Crippen LogP contribution in [0.25, 0.3) is 0 Å². The molecule has 0 aliphatic carbocycles. The molecule has 2 rings (SSSR count). The third-order valence-electron chi connectivity index (χ3n) is 3.25. The highest BCUT2D eigenvalue weighted by atomic mass is 15.2. The molecule has 1 atom stereocenters. The van der Waals surface area contributed by atoms with E-state index >= 15 is 0 Å². The van der Waals surface area contributed by atoms with E-state index in [1.807, 2.05) is 6.07 Å². The Hall–Kier alpha value is -1.36. The molecule has 5 heteroatoms. The van der Waals surface area contributed by atoms with E-state index in [-0.39, 0.29) is 0 Å². The van der Waals surface area contributed by atoms with Crippen LogP contribution in [0.15, 0.2) is 12.4 Å². The maximum absolute atomic E-state index is 4.31. The predicted octanol–water partition coefficient (Wildman–Crippen LogP) is 1.49. The minimum Gasteiger partial charge on any atom is -0.366 e. The van der Waals surface area contributed by atoms with Gasteiger partial charge in [0.05, 0.1) is 0 Å². The van der Waals surface area contributed by atoms with Crippen LogP contribution in [-0.2, 0) is 0 Å². The normalized spacial score (nSPS) is 19.6. The smallest absolute Gasteiger partial charge is 0.133 e. The van der Waals surface area contributed by atoms with Crippen LogP contribution in [-0.4, -0.2) is 42.7 Å². The first-order valence-electron chi connectivity index (χ1n) is 6.80. The molecule has 0 amide bonds. The van der Waals surface area contributed by atoms with Crippen molar-refractivity contribution in [3.63, 3.8) is 0 Å². The largest absolute Gasteiger partial charge is 0.366 e. The van der Waals surface area contributed by atoms with E-state index in [0.717, 1.165) is 37.7 Å². The molecule has 1 aliphatic heterocycles. The molecule has 1 unspecified atom stereocenters. The molecule has 1 aliphatic rings. The molecule has 5 nitrogen and oxygen atoms in total. The van der Waals surface area contributed by atoms with Gasteiger partial charge in [0.2, 0.25) is 0 Å². The number of anilines is 2. The SMILES string of the molecule is CCCN(C)c1cc(NC2CCCNC2)ncn1. The lowest BCUT2D eigenvalue weighted by Gasteiger charge is -2.25. The topological polar surface area (TPSA) is 53.1 Å². The lowest BCUT2D eigenvalue weighted by atomic mass is 10.1. The maximum Gasteiger partial charge on any atom is 0.133 e. The Morgan fingerprint density at radius 1 is 1.50 bits per heavy atom. The standard InChI is InChI=1S/C13H23N5/c1-3-7-18(2)13-8-12(15-10-16-13)17-11-5-4-6-14-9-11/h8,10-11,14H,3-7,9H2,1-2H3,(H,15,16,17). The Balaban J connectivity index is 1.97. The van der Waals surface area contributed by atoms with Crippen molar-refractivity contribution in [3.8, 4) is 0 Å². The van der Waals surface area contributed by atoms with Gasteiger partial charge in [0.1, 0.15) is 18.0 Å². The lowest BCUT2D eigenvalue weighted by molar-refractivity contribution is 0.479. The van der Waals surface area contributed by atoms with Crippen LogP contribution in [0.4, 0.5) is 11.6 Å². The van der Waals surface area contributed by atoms with E-state index in [2.05, 4.69) is 39.5 Å². The first-order valence-corrected chi connectivity index (χ1v) is 6.80. The maximum atomic E-state index is 4.31. The van der Waals surface area contributed by atoms with E-state index < -0.39 is 0 Å². The van der Waals surface area contributed by atoms with Gasteiger partial charge in [0.15, 0.2) is 0 Å². The molecule has 2 heterocycles. The number of hydrogen-bond donors (Lipinski definition) is 2. The molecule has 0 bridgehead atoms. The first kappa shape index (κ1) is 13.1. The monoisotopic (exact) mass is 249 g/mol. The van der Waals surface area contributed by atoms with Gasteiger partial charge in [-0.15, -0.1) is 0 Å². The zero-order chi connectivity index (χ0) is 12.8. The highest BCUT2D eigenvalue weighted by Crippen LogP contribution is 2.15. The Bertz CT molecular complexity index is 362. The van der Waals surface area contributed by atoms with Crippen molar-refractivity contribution >= 4 is 11.6 Å². The summed E-state index contributed by atoms with van der Waals surface area (Å²) in [5, 5.41) is 6.87. The third kappa shape index (κ3) is 3.57. The molecule has 0 aromatic carbocycles. The zero-order valence-electron chi connectivity index (χ0n) is 11.3. The number of nitrogens with one attached hydrogen (secondary N) is 2. The number of nitrogens with zero attached hydrogens (tertiary/aromatic N) is 3. The number of rotatable bonds is 5. The first-order chi connectivity index (χ1) is 8.79. The molecule has 1 fully saturated rings. The second kappa shape index (κ2) is 6.54. The van der Waals surface area contributed by atoms with Crippen LogP contribution in [0.5, 0.6) is 0 Å². The van der Waals surface area contributed by atoms with Gasteiger partial charge in [-0.25, -0.2) is 9.97 Å². The molecule has 0 spiro atoms. The average molecular weight is 249 g/mol. The minimum absolute atomic E-state index is 0.484. The molecule has 100 valence electrons. The molecule has 1 aromatic heterocycles. The van der Waals surface area contributed by atoms with Crippen LogP contribution in [0.1, 0.15) is 26.2 Å². The van der Waals surface area contributed by atoms with E-state index in [1.165, 1.54) is 12.8 Å². The lowest BCUT2D eigenvalue weighted by Crippen LogP contribution is -2.38. The Labute approximate surface area is 109 Å². The molecular weight excluding hydrogens is 226 g/mol. The second-order valence-electron chi connectivity index (χ2n) is 4.87. The summed E-state index contributed by atoms with van der Waals surface area (Å²) in [7, 11) is 2.07. The van der Waals surface area contributed by atoms with Crippen molar-refractivity contribution in [2.24, 2.45) is 0 Å². The van der Waals surface area contributed by atoms with Crippen molar-refractivity contribution in [1.29, 1.82) is 0 Å². The summed E-state index contributed by atoms with van der Waals surface area (Å²) in [6.45, 7) is 5.34. The van der Waals surface area contributed by atoms with Crippen LogP contribution < -0.4 is 15.5 Å². The highest BCUT2D eigenvalue weighted by Gasteiger charge is 2.13. The number of piperidine rings is 1. The van der Waals surface area contributed by atoms with Gasteiger partial charge >= 0.3 is 0 Å². The van der Waals surface area contributed by atoms with Gasteiger partial charge in [0.25, 0.3) is 0 Å². The fraction of sp³-hybridized carbons (Fsp3) is 0.692. The van der Waals surface area contributed by atoms with Gasteiger partial charge in [-0.05, 0) is 25.8 Å². The Kier molecular flexibility index (Phi) is 4.75. The molecule has 18 heavy (non-hydrogen) atoms. The zero-order valence-corrected chi connectivity index (χ0v) is 11.3. The Morgan fingerprint density at radius 3 is 3.11 bits per heavy atom. The molecule has 2 N–H and O–H groups in total. The second-order valence-corrected chi connectivity index (χ2v) is 4.87. The van der Waals surface area contributed by atoms with Gasteiger partial charge in [0, 0.05) is 32.2 Å². The van der Waals surface area contributed by atoms with Crippen LogP contribution in [0.3, 0.4) is 0 Å². The van der Waals surface area contributed by atoms with Crippen LogP contribution in [0, 0.1) is 0 Å². The fourth-order valence-electron chi connectivity index (χ4n) is 2.27. The number of hydrogen-bond acceptors (Lipinski definition) is 5. The molecule has 1 aromatic rings. The Morgan fingerprint density at radius 2 is 2.39 bits per heavy atom. The van der Waals surface area contributed by atoms with E-state index in [1.54, 1.807) is 6.33 Å². The summed E-state index contributed by atoms with van der Waals surface area (Å²) in [5.74, 6) is 1.91. The van der Waals surface area contributed by atoms with Crippen LogP contribution >= 0.6 is 0 Å². The van der Waals surface area contributed by atoms with E-state index in [9.17, 15) is 0 Å². The van der Waals surface area contributed by atoms with Crippen molar-refractivity contribution in [2.75, 3.05) is 36.9 Å². The highest BCUT2D eigenvalue weighted by molar-refractivity contribution is 5.48. The third-order valence-corrected chi connectivity index (χ3v) is 3.25. The molecular formula is C13H23N5. The average Bonchev–Trinajstić information content (AvgIpc) is 2.40. The van der Waals surface area contributed by atoms with Gasteiger partial charge in [-0.3, -0.25) is 0 Å².